The number of amides is 1. The van der Waals surface area contributed by atoms with Gasteiger partial charge in [-0.15, -0.1) is 0 Å². The van der Waals surface area contributed by atoms with Crippen molar-refractivity contribution in [2.45, 2.75) is 117 Å². The van der Waals surface area contributed by atoms with Crippen LogP contribution in [0, 0.1) is 6.92 Å². The lowest BCUT2D eigenvalue weighted by atomic mass is 10.0. The molecule has 202 valence electrons. The number of hydrogen-bond donors (Lipinski definition) is 1. The summed E-state index contributed by atoms with van der Waals surface area (Å²) in [5, 5.41) is 3.07. The van der Waals surface area contributed by atoms with E-state index in [9.17, 15) is 4.79 Å². The number of aromatic nitrogens is 2. The van der Waals surface area contributed by atoms with Gasteiger partial charge in [0, 0.05) is 25.1 Å². The van der Waals surface area contributed by atoms with E-state index < -0.39 is 0 Å². The smallest absolute Gasteiger partial charge is 0.251 e. The Morgan fingerprint density at radius 2 is 1.32 bits per heavy atom. The highest BCUT2D eigenvalue weighted by Crippen LogP contribution is 2.19. The Bertz CT molecular complexity index is 1040. The van der Waals surface area contributed by atoms with E-state index in [1.165, 1.54) is 95.4 Å². The number of carbonyl (C=O) groups excluding carboxylic acids is 1. The molecule has 0 unspecified atom stereocenters. The monoisotopic (exact) mass is 503 g/mol. The molecule has 37 heavy (non-hydrogen) atoms. The van der Waals surface area contributed by atoms with Crippen LogP contribution >= 0.6 is 0 Å². The number of aryl methyl sites for hydroxylation is 2. The van der Waals surface area contributed by atoms with Gasteiger partial charge in [-0.3, -0.25) is 4.79 Å². The van der Waals surface area contributed by atoms with E-state index in [-0.39, 0.29) is 5.91 Å². The van der Waals surface area contributed by atoms with Crippen LogP contribution in [0.1, 0.15) is 119 Å². The van der Waals surface area contributed by atoms with Gasteiger partial charge in [-0.2, -0.15) is 0 Å². The molecular formula is C33H49N3O. The number of unbranched alkanes of at least 4 members (excludes halogenated alkanes) is 13. The third-order valence-electron chi connectivity index (χ3n) is 7.42. The lowest BCUT2D eigenvalue weighted by molar-refractivity contribution is 0.0954. The van der Waals surface area contributed by atoms with E-state index in [0.29, 0.717) is 12.1 Å². The Morgan fingerprint density at radius 3 is 1.95 bits per heavy atom. The van der Waals surface area contributed by atoms with Crippen molar-refractivity contribution >= 4 is 16.9 Å². The van der Waals surface area contributed by atoms with Gasteiger partial charge in [0.25, 0.3) is 5.91 Å². The molecule has 1 aromatic heterocycles. The Kier molecular flexibility index (Phi) is 13.3. The molecule has 0 fully saturated rings. The zero-order valence-electron chi connectivity index (χ0n) is 23.4. The number of rotatable bonds is 19. The highest BCUT2D eigenvalue weighted by Gasteiger charge is 2.11. The van der Waals surface area contributed by atoms with E-state index in [2.05, 4.69) is 41.1 Å². The molecular weight excluding hydrogens is 454 g/mol. The predicted octanol–water partition coefficient (Wildman–Crippen LogP) is 8.80. The molecule has 0 aliphatic rings. The SMILES string of the molecule is CCCCCCCCCCCCCCCCn1c(CCNC(=O)c2ccc(C)cc2)nc2ccccc21. The first-order chi connectivity index (χ1) is 18.2. The molecule has 1 amide bonds. The van der Waals surface area contributed by atoms with Gasteiger partial charge in [-0.1, -0.05) is 120 Å². The first-order valence-electron chi connectivity index (χ1n) is 15.0. The molecule has 0 saturated heterocycles. The minimum absolute atomic E-state index is 0.0189. The molecule has 2 aromatic carbocycles. The summed E-state index contributed by atoms with van der Waals surface area (Å²) >= 11 is 0. The van der Waals surface area contributed by atoms with Gasteiger partial charge in [-0.05, 0) is 37.6 Å². The highest BCUT2D eigenvalue weighted by molar-refractivity contribution is 5.94. The molecule has 0 spiro atoms. The van der Waals surface area contributed by atoms with Crippen LogP contribution in [-0.2, 0) is 13.0 Å². The molecule has 1 heterocycles. The van der Waals surface area contributed by atoms with E-state index in [0.717, 1.165) is 29.9 Å². The number of para-hydroxylation sites is 2. The maximum atomic E-state index is 12.5. The minimum Gasteiger partial charge on any atom is -0.352 e. The average Bonchev–Trinajstić information content (AvgIpc) is 3.26. The van der Waals surface area contributed by atoms with Crippen LogP contribution in [0.5, 0.6) is 0 Å². The number of hydrogen-bond acceptors (Lipinski definition) is 2. The summed E-state index contributed by atoms with van der Waals surface area (Å²) in [6.07, 6.45) is 20.0. The van der Waals surface area contributed by atoms with Crippen LogP contribution in [0.3, 0.4) is 0 Å². The first kappa shape index (κ1) is 28.9. The Balaban J connectivity index is 1.33. The maximum absolute atomic E-state index is 12.5. The number of imidazole rings is 1. The summed E-state index contributed by atoms with van der Waals surface area (Å²) < 4.78 is 2.37. The maximum Gasteiger partial charge on any atom is 0.251 e. The van der Waals surface area contributed by atoms with Crippen LogP contribution in [0.4, 0.5) is 0 Å². The van der Waals surface area contributed by atoms with Gasteiger partial charge in [0.05, 0.1) is 11.0 Å². The molecule has 0 atom stereocenters. The van der Waals surface area contributed by atoms with Gasteiger partial charge >= 0.3 is 0 Å². The van der Waals surface area contributed by atoms with Crippen LogP contribution in [0.15, 0.2) is 48.5 Å². The zero-order chi connectivity index (χ0) is 26.1. The summed E-state index contributed by atoms with van der Waals surface area (Å²) in [4.78, 5) is 17.4. The van der Waals surface area contributed by atoms with E-state index in [1.54, 1.807) is 0 Å². The number of benzene rings is 2. The van der Waals surface area contributed by atoms with Gasteiger partial charge in [0.15, 0.2) is 0 Å². The molecule has 0 aliphatic heterocycles. The summed E-state index contributed by atoms with van der Waals surface area (Å²) in [5.74, 6) is 1.05. The number of nitrogens with one attached hydrogen (secondary N) is 1. The molecule has 4 heteroatoms. The van der Waals surface area contributed by atoms with Crippen molar-refractivity contribution in [3.63, 3.8) is 0 Å². The standard InChI is InChI=1S/C33H49N3O/c1-3-4-5-6-7-8-9-10-11-12-13-14-15-18-27-36-31-20-17-16-19-30(31)35-32(36)25-26-34-33(37)29-23-21-28(2)22-24-29/h16-17,19-24H,3-15,18,25-27H2,1-2H3,(H,34,37). The van der Waals surface area contributed by atoms with Crippen LogP contribution in [0.25, 0.3) is 11.0 Å². The van der Waals surface area contributed by atoms with E-state index >= 15 is 0 Å². The summed E-state index contributed by atoms with van der Waals surface area (Å²) in [7, 11) is 0. The number of fused-ring (bicyclic) bond motifs is 1. The Labute approximate surface area is 225 Å². The average molecular weight is 504 g/mol. The van der Waals surface area contributed by atoms with Crippen molar-refractivity contribution in [2.75, 3.05) is 6.54 Å². The summed E-state index contributed by atoms with van der Waals surface area (Å²) in [5.41, 5.74) is 4.13. The van der Waals surface area contributed by atoms with Crippen LogP contribution in [0.2, 0.25) is 0 Å². The first-order valence-corrected chi connectivity index (χ1v) is 15.0. The lowest BCUT2D eigenvalue weighted by Gasteiger charge is -2.10. The van der Waals surface area contributed by atoms with Gasteiger partial charge < -0.3 is 9.88 Å². The molecule has 0 aliphatic carbocycles. The largest absolute Gasteiger partial charge is 0.352 e. The van der Waals surface area contributed by atoms with Crippen molar-refractivity contribution in [1.29, 1.82) is 0 Å². The Hall–Kier alpha value is -2.62. The summed E-state index contributed by atoms with van der Waals surface area (Å²) in [6, 6.07) is 16.1. The van der Waals surface area contributed by atoms with Crippen molar-refractivity contribution in [3.05, 3.63) is 65.5 Å². The fourth-order valence-corrected chi connectivity index (χ4v) is 5.13. The second-order valence-electron chi connectivity index (χ2n) is 10.6. The van der Waals surface area contributed by atoms with Crippen molar-refractivity contribution in [3.8, 4) is 0 Å². The second-order valence-corrected chi connectivity index (χ2v) is 10.6. The number of nitrogens with zero attached hydrogens (tertiary/aromatic N) is 2. The van der Waals surface area contributed by atoms with Gasteiger partial charge in [0.2, 0.25) is 0 Å². The third kappa shape index (κ3) is 10.3. The number of carbonyl (C=O) groups is 1. The molecule has 0 bridgehead atoms. The third-order valence-corrected chi connectivity index (χ3v) is 7.42. The molecule has 3 rings (SSSR count). The Morgan fingerprint density at radius 1 is 0.757 bits per heavy atom. The van der Waals surface area contributed by atoms with Crippen molar-refractivity contribution < 1.29 is 4.79 Å². The highest BCUT2D eigenvalue weighted by atomic mass is 16.1. The molecule has 0 saturated carbocycles. The van der Waals surface area contributed by atoms with Crippen LogP contribution < -0.4 is 5.32 Å². The zero-order valence-corrected chi connectivity index (χ0v) is 23.4. The van der Waals surface area contributed by atoms with Crippen molar-refractivity contribution in [1.82, 2.24) is 14.9 Å². The van der Waals surface area contributed by atoms with Crippen molar-refractivity contribution in [2.24, 2.45) is 0 Å². The fraction of sp³-hybridized carbons (Fsp3) is 0.576. The quantitative estimate of drug-likeness (QED) is 0.166. The molecule has 3 aromatic rings. The molecule has 0 radical (unpaired) electrons. The van der Waals surface area contributed by atoms with E-state index in [4.69, 9.17) is 4.98 Å². The minimum atomic E-state index is -0.0189. The molecule has 4 nitrogen and oxygen atoms in total. The van der Waals surface area contributed by atoms with E-state index in [1.807, 2.05) is 31.2 Å². The summed E-state index contributed by atoms with van der Waals surface area (Å²) in [6.45, 7) is 5.91. The fourth-order valence-electron chi connectivity index (χ4n) is 5.13. The predicted molar refractivity (Wildman–Crippen MR) is 157 cm³/mol. The van der Waals surface area contributed by atoms with Gasteiger partial charge in [0.1, 0.15) is 5.82 Å². The second kappa shape index (κ2) is 17.0. The topological polar surface area (TPSA) is 46.9 Å². The normalized spacial score (nSPS) is 11.3. The molecule has 1 N–H and O–H groups in total. The lowest BCUT2D eigenvalue weighted by Crippen LogP contribution is -2.26. The van der Waals surface area contributed by atoms with Gasteiger partial charge in [-0.25, -0.2) is 4.98 Å². The van der Waals surface area contributed by atoms with Crippen LogP contribution in [-0.4, -0.2) is 22.0 Å².